The van der Waals surface area contributed by atoms with E-state index >= 15 is 0 Å². The highest BCUT2D eigenvalue weighted by atomic mass is 19.4. The molecule has 82 valence electrons. The third kappa shape index (κ3) is 1.44. The minimum atomic E-state index is -3.99. The van der Waals surface area contributed by atoms with Gasteiger partial charge >= 0.3 is 6.18 Å². The summed E-state index contributed by atoms with van der Waals surface area (Å²) in [7, 11) is 0. The molecule has 0 amide bonds. The second-order valence-electron chi connectivity index (χ2n) is 4.55. The molecule has 0 radical (unpaired) electrons. The van der Waals surface area contributed by atoms with E-state index in [9.17, 15) is 13.2 Å². The maximum Gasteiger partial charge on any atom is 0.394 e. The molecular weight excluding hydrogens is 191 g/mol. The first-order valence-corrected chi connectivity index (χ1v) is 5.34. The Morgan fingerprint density at radius 3 is 2.21 bits per heavy atom. The lowest BCUT2D eigenvalue weighted by Crippen LogP contribution is -2.53. The molecule has 0 aromatic carbocycles. The third-order valence-corrected chi connectivity index (χ3v) is 3.89. The van der Waals surface area contributed by atoms with Crippen LogP contribution < -0.4 is 5.32 Å². The van der Waals surface area contributed by atoms with Crippen LogP contribution in [0.15, 0.2) is 0 Å². The van der Waals surface area contributed by atoms with E-state index in [2.05, 4.69) is 5.32 Å². The van der Waals surface area contributed by atoms with Crippen LogP contribution in [-0.4, -0.2) is 19.3 Å². The van der Waals surface area contributed by atoms with Gasteiger partial charge in [0.2, 0.25) is 0 Å². The van der Waals surface area contributed by atoms with Crippen molar-refractivity contribution in [3.63, 3.8) is 0 Å². The van der Waals surface area contributed by atoms with Crippen molar-refractivity contribution in [1.29, 1.82) is 0 Å². The molecule has 2 rings (SSSR count). The van der Waals surface area contributed by atoms with Gasteiger partial charge in [-0.3, -0.25) is 0 Å². The van der Waals surface area contributed by atoms with Crippen molar-refractivity contribution in [2.24, 2.45) is 11.3 Å². The second-order valence-corrected chi connectivity index (χ2v) is 4.55. The van der Waals surface area contributed by atoms with E-state index in [1.54, 1.807) is 0 Å². The van der Waals surface area contributed by atoms with Crippen molar-refractivity contribution in [2.45, 2.75) is 38.3 Å². The van der Waals surface area contributed by atoms with E-state index in [1.807, 2.05) is 0 Å². The molecule has 1 atom stereocenters. The number of piperidine rings is 1. The standard InChI is InChI=1S/C10H16F3N/c11-10(12,13)9(4-2-5-9)8-3-1-6-14-7-8/h8,14H,1-7H2. The fraction of sp³-hybridized carbons (Fsp3) is 1.00. The van der Waals surface area contributed by atoms with Crippen LogP contribution in [0.2, 0.25) is 0 Å². The Balaban J connectivity index is 2.11. The predicted molar refractivity (Wildman–Crippen MR) is 47.9 cm³/mol. The van der Waals surface area contributed by atoms with Crippen LogP contribution in [0.4, 0.5) is 13.2 Å². The van der Waals surface area contributed by atoms with Gasteiger partial charge < -0.3 is 5.32 Å². The van der Waals surface area contributed by atoms with E-state index in [0.717, 1.165) is 25.8 Å². The van der Waals surface area contributed by atoms with E-state index in [4.69, 9.17) is 0 Å². The van der Waals surface area contributed by atoms with Gasteiger partial charge in [0.25, 0.3) is 0 Å². The second kappa shape index (κ2) is 3.40. The van der Waals surface area contributed by atoms with Gasteiger partial charge in [0, 0.05) is 0 Å². The van der Waals surface area contributed by atoms with Gasteiger partial charge in [0.1, 0.15) is 0 Å². The highest BCUT2D eigenvalue weighted by Crippen LogP contribution is 2.58. The molecule has 14 heavy (non-hydrogen) atoms. The first-order valence-electron chi connectivity index (χ1n) is 5.34. The molecule has 1 unspecified atom stereocenters. The molecule has 0 bridgehead atoms. The monoisotopic (exact) mass is 207 g/mol. The minimum absolute atomic E-state index is 0.176. The number of alkyl halides is 3. The molecule has 1 aliphatic heterocycles. The average molecular weight is 207 g/mol. The minimum Gasteiger partial charge on any atom is -0.316 e. The van der Waals surface area contributed by atoms with Gasteiger partial charge in [-0.25, -0.2) is 0 Å². The normalized spacial score (nSPS) is 32.4. The molecular formula is C10H16F3N. The Bertz CT molecular complexity index is 202. The third-order valence-electron chi connectivity index (χ3n) is 3.89. The average Bonchev–Trinajstić information content (AvgIpc) is 2.01. The molecule has 4 heteroatoms. The van der Waals surface area contributed by atoms with Crippen molar-refractivity contribution in [3.05, 3.63) is 0 Å². The summed E-state index contributed by atoms with van der Waals surface area (Å²) in [5.74, 6) is -0.176. The Morgan fingerprint density at radius 2 is 1.86 bits per heavy atom. The largest absolute Gasteiger partial charge is 0.394 e. The van der Waals surface area contributed by atoms with E-state index in [0.29, 0.717) is 19.4 Å². The Kier molecular flexibility index (Phi) is 2.50. The van der Waals surface area contributed by atoms with Crippen molar-refractivity contribution >= 4 is 0 Å². The van der Waals surface area contributed by atoms with Crippen molar-refractivity contribution in [3.8, 4) is 0 Å². The SMILES string of the molecule is FC(F)(F)C1(C2CCCNC2)CCC1. The molecule has 1 saturated heterocycles. The quantitative estimate of drug-likeness (QED) is 0.697. The first kappa shape index (κ1) is 10.3. The molecule has 0 aromatic heterocycles. The molecule has 0 aromatic rings. The van der Waals surface area contributed by atoms with Gasteiger partial charge in [-0.05, 0) is 44.7 Å². The van der Waals surface area contributed by atoms with E-state index in [-0.39, 0.29) is 5.92 Å². The zero-order chi connectivity index (χ0) is 10.2. The van der Waals surface area contributed by atoms with Crippen molar-refractivity contribution < 1.29 is 13.2 Å². The summed E-state index contributed by atoms with van der Waals surface area (Å²) in [5, 5.41) is 3.08. The molecule has 1 saturated carbocycles. The maximum atomic E-state index is 12.9. The highest BCUT2D eigenvalue weighted by molar-refractivity contribution is 5.00. The van der Waals surface area contributed by atoms with Crippen LogP contribution in [0, 0.1) is 11.3 Å². The van der Waals surface area contributed by atoms with Gasteiger partial charge in [-0.15, -0.1) is 0 Å². The summed E-state index contributed by atoms with van der Waals surface area (Å²) in [6.07, 6.45) is -0.911. The fourth-order valence-corrected chi connectivity index (χ4v) is 2.80. The number of rotatable bonds is 1. The van der Waals surface area contributed by atoms with Crippen LogP contribution in [0.5, 0.6) is 0 Å². The van der Waals surface area contributed by atoms with Crippen molar-refractivity contribution in [2.75, 3.05) is 13.1 Å². The maximum absolute atomic E-state index is 12.9. The summed E-state index contributed by atoms with van der Waals surface area (Å²) >= 11 is 0. The smallest absolute Gasteiger partial charge is 0.316 e. The molecule has 1 heterocycles. The van der Waals surface area contributed by atoms with Gasteiger partial charge in [0.05, 0.1) is 5.41 Å². The number of halogens is 3. The van der Waals surface area contributed by atoms with Crippen LogP contribution in [0.1, 0.15) is 32.1 Å². The summed E-state index contributed by atoms with van der Waals surface area (Å²) in [5.41, 5.74) is -1.33. The summed E-state index contributed by atoms with van der Waals surface area (Å²) in [4.78, 5) is 0. The Morgan fingerprint density at radius 1 is 1.14 bits per heavy atom. The molecule has 2 fully saturated rings. The van der Waals surface area contributed by atoms with Crippen LogP contribution >= 0.6 is 0 Å². The van der Waals surface area contributed by atoms with Crippen molar-refractivity contribution in [1.82, 2.24) is 5.32 Å². The van der Waals surface area contributed by atoms with Gasteiger partial charge in [-0.1, -0.05) is 6.42 Å². The van der Waals surface area contributed by atoms with Crippen LogP contribution in [0.25, 0.3) is 0 Å². The summed E-state index contributed by atoms with van der Waals surface area (Å²) in [6.45, 7) is 1.43. The molecule has 1 aliphatic carbocycles. The lowest BCUT2D eigenvalue weighted by Gasteiger charge is -2.50. The Labute approximate surface area is 82.1 Å². The zero-order valence-electron chi connectivity index (χ0n) is 8.16. The number of hydrogen-bond donors (Lipinski definition) is 1. The van der Waals surface area contributed by atoms with E-state index in [1.165, 1.54) is 0 Å². The van der Waals surface area contributed by atoms with Crippen LogP contribution in [-0.2, 0) is 0 Å². The van der Waals surface area contributed by atoms with Crippen LogP contribution in [0.3, 0.4) is 0 Å². The summed E-state index contributed by atoms with van der Waals surface area (Å²) in [6, 6.07) is 0. The molecule has 1 N–H and O–H groups in total. The number of hydrogen-bond acceptors (Lipinski definition) is 1. The Hall–Kier alpha value is -0.250. The fourth-order valence-electron chi connectivity index (χ4n) is 2.80. The lowest BCUT2D eigenvalue weighted by molar-refractivity contribution is -0.272. The summed E-state index contributed by atoms with van der Waals surface area (Å²) < 4.78 is 38.7. The topological polar surface area (TPSA) is 12.0 Å². The molecule has 0 spiro atoms. The lowest BCUT2D eigenvalue weighted by atomic mass is 9.59. The highest BCUT2D eigenvalue weighted by Gasteiger charge is 2.61. The van der Waals surface area contributed by atoms with Gasteiger partial charge in [0.15, 0.2) is 0 Å². The molecule has 1 nitrogen and oxygen atoms in total. The van der Waals surface area contributed by atoms with E-state index < -0.39 is 11.6 Å². The molecule has 2 aliphatic rings. The zero-order valence-corrected chi connectivity index (χ0v) is 8.16. The number of nitrogens with one attached hydrogen (secondary N) is 1. The first-order chi connectivity index (χ1) is 6.56. The predicted octanol–water partition coefficient (Wildman–Crippen LogP) is 2.72. The van der Waals surface area contributed by atoms with Gasteiger partial charge in [-0.2, -0.15) is 13.2 Å².